The number of amides is 1. The first-order valence-corrected chi connectivity index (χ1v) is 12.9. The molecule has 2 saturated heterocycles. The Kier molecular flexibility index (Phi) is 9.53. The number of aliphatic hydroxyl groups is 1. The van der Waals surface area contributed by atoms with E-state index in [1.54, 1.807) is 0 Å². The number of rotatable bonds is 9. The molecule has 2 aromatic rings. The van der Waals surface area contributed by atoms with Gasteiger partial charge in [0.2, 0.25) is 0 Å². The van der Waals surface area contributed by atoms with Gasteiger partial charge in [-0.2, -0.15) is 0 Å². The molecule has 0 radical (unpaired) electrons. The van der Waals surface area contributed by atoms with Gasteiger partial charge in [-0.3, -0.25) is 0 Å². The van der Waals surface area contributed by atoms with Crippen LogP contribution in [0.2, 0.25) is 0 Å². The van der Waals surface area contributed by atoms with E-state index < -0.39 is 12.4 Å². The second kappa shape index (κ2) is 13.0. The molecule has 0 aliphatic carbocycles. The van der Waals surface area contributed by atoms with Crippen molar-refractivity contribution in [1.82, 2.24) is 10.2 Å². The van der Waals surface area contributed by atoms with E-state index in [1.807, 2.05) is 48.5 Å². The van der Waals surface area contributed by atoms with E-state index in [9.17, 15) is 9.90 Å². The highest BCUT2D eigenvalue weighted by atomic mass is 16.7. The number of piperidine rings is 1. The van der Waals surface area contributed by atoms with Gasteiger partial charge in [-0.25, -0.2) is 4.79 Å². The Morgan fingerprint density at radius 2 is 1.72 bits per heavy atom. The molecule has 2 aliphatic heterocycles. The minimum absolute atomic E-state index is 0.0257. The average molecular weight is 495 g/mol. The lowest BCUT2D eigenvalue weighted by Gasteiger charge is -2.43. The van der Waals surface area contributed by atoms with Gasteiger partial charge < -0.3 is 29.5 Å². The number of nitrogens with zero attached hydrogens (tertiary/aromatic N) is 1. The second-order valence-electron chi connectivity index (χ2n) is 9.67. The SMILES string of the molecule is C=CCOC(=O)NCc1ccc([C@@H]2O[C@H](CN3CCCCC3)[C@H](C)[C@H](c3ccc(CO)cc3)O2)cc1. The van der Waals surface area contributed by atoms with Crippen LogP contribution in [-0.4, -0.2) is 48.4 Å². The third kappa shape index (κ3) is 6.95. The molecule has 2 fully saturated rings. The van der Waals surface area contributed by atoms with Crippen molar-refractivity contribution in [2.24, 2.45) is 5.92 Å². The van der Waals surface area contributed by atoms with E-state index in [2.05, 4.69) is 23.7 Å². The van der Waals surface area contributed by atoms with Crippen LogP contribution in [0.3, 0.4) is 0 Å². The molecule has 4 atom stereocenters. The lowest BCUT2D eigenvalue weighted by molar-refractivity contribution is -0.276. The molecule has 0 aromatic heterocycles. The monoisotopic (exact) mass is 494 g/mol. The molecular formula is C29H38N2O5. The van der Waals surface area contributed by atoms with E-state index in [0.29, 0.717) is 6.54 Å². The number of ether oxygens (including phenoxy) is 3. The summed E-state index contributed by atoms with van der Waals surface area (Å²) < 4.78 is 18.1. The number of nitrogens with one attached hydrogen (secondary N) is 1. The molecule has 7 nitrogen and oxygen atoms in total. The molecule has 0 spiro atoms. The predicted molar refractivity (Wildman–Crippen MR) is 138 cm³/mol. The van der Waals surface area contributed by atoms with Gasteiger partial charge in [0.15, 0.2) is 6.29 Å². The van der Waals surface area contributed by atoms with Crippen molar-refractivity contribution in [2.75, 3.05) is 26.2 Å². The summed E-state index contributed by atoms with van der Waals surface area (Å²) in [5.74, 6) is 0.174. The molecule has 2 N–H and O–H groups in total. The average Bonchev–Trinajstić information content (AvgIpc) is 2.93. The van der Waals surface area contributed by atoms with Crippen LogP contribution in [0.5, 0.6) is 0 Å². The third-order valence-electron chi connectivity index (χ3n) is 7.03. The Labute approximate surface area is 214 Å². The normalized spacial score (nSPS) is 24.7. The number of carbonyl (C=O) groups excluding carboxylic acids is 1. The summed E-state index contributed by atoms with van der Waals surface area (Å²) in [5, 5.41) is 12.2. The lowest BCUT2D eigenvalue weighted by Crippen LogP contribution is -2.45. The van der Waals surface area contributed by atoms with Crippen LogP contribution < -0.4 is 5.32 Å². The van der Waals surface area contributed by atoms with Crippen LogP contribution in [0.1, 0.15) is 60.8 Å². The summed E-state index contributed by atoms with van der Waals surface area (Å²) >= 11 is 0. The minimum atomic E-state index is -0.488. The number of carbonyl (C=O) groups is 1. The lowest BCUT2D eigenvalue weighted by atomic mass is 9.89. The van der Waals surface area contributed by atoms with Crippen LogP contribution >= 0.6 is 0 Å². The smallest absolute Gasteiger partial charge is 0.407 e. The molecule has 0 saturated carbocycles. The van der Waals surface area contributed by atoms with Gasteiger partial charge in [0, 0.05) is 24.6 Å². The van der Waals surface area contributed by atoms with E-state index >= 15 is 0 Å². The third-order valence-corrected chi connectivity index (χ3v) is 7.03. The second-order valence-corrected chi connectivity index (χ2v) is 9.67. The summed E-state index contributed by atoms with van der Waals surface area (Å²) in [6.45, 7) is 9.44. The maximum atomic E-state index is 11.7. The number of likely N-dealkylation sites (tertiary alicyclic amines) is 1. The number of alkyl carbamates (subject to hydrolysis) is 1. The summed E-state index contributed by atoms with van der Waals surface area (Å²) in [5.41, 5.74) is 3.88. The number of benzene rings is 2. The van der Waals surface area contributed by atoms with Gasteiger partial charge in [-0.05, 0) is 42.6 Å². The molecular weight excluding hydrogens is 456 g/mol. The largest absolute Gasteiger partial charge is 0.445 e. The predicted octanol–water partition coefficient (Wildman–Crippen LogP) is 4.87. The zero-order chi connectivity index (χ0) is 25.3. The first-order valence-electron chi connectivity index (χ1n) is 12.9. The zero-order valence-corrected chi connectivity index (χ0v) is 21.1. The highest BCUT2D eigenvalue weighted by Crippen LogP contribution is 2.42. The number of hydrogen-bond donors (Lipinski definition) is 2. The first kappa shape index (κ1) is 26.4. The molecule has 7 heteroatoms. The van der Waals surface area contributed by atoms with Crippen LogP contribution in [0.15, 0.2) is 61.2 Å². The van der Waals surface area contributed by atoms with Crippen LogP contribution in [-0.2, 0) is 27.4 Å². The fourth-order valence-electron chi connectivity index (χ4n) is 4.88. The van der Waals surface area contributed by atoms with Crippen molar-refractivity contribution in [3.63, 3.8) is 0 Å². The first-order chi connectivity index (χ1) is 17.6. The van der Waals surface area contributed by atoms with E-state index in [1.165, 1.54) is 25.3 Å². The van der Waals surface area contributed by atoms with Crippen LogP contribution in [0.25, 0.3) is 0 Å². The van der Waals surface area contributed by atoms with Crippen molar-refractivity contribution >= 4 is 6.09 Å². The molecule has 1 amide bonds. The Morgan fingerprint density at radius 1 is 1.06 bits per heavy atom. The van der Waals surface area contributed by atoms with Crippen molar-refractivity contribution in [1.29, 1.82) is 0 Å². The summed E-state index contributed by atoms with van der Waals surface area (Å²) in [6, 6.07) is 15.9. The number of aliphatic hydroxyl groups excluding tert-OH is 1. The Hall–Kier alpha value is -2.71. The summed E-state index contributed by atoms with van der Waals surface area (Å²) in [4.78, 5) is 14.2. The van der Waals surface area contributed by atoms with Crippen LogP contribution in [0.4, 0.5) is 4.79 Å². The van der Waals surface area contributed by atoms with Crippen LogP contribution in [0, 0.1) is 5.92 Å². The van der Waals surface area contributed by atoms with E-state index in [0.717, 1.165) is 41.9 Å². The number of hydrogen-bond acceptors (Lipinski definition) is 6. The minimum Gasteiger partial charge on any atom is -0.445 e. The molecule has 2 aromatic carbocycles. The molecule has 0 bridgehead atoms. The maximum absolute atomic E-state index is 11.7. The Bertz CT molecular complexity index is 972. The van der Waals surface area contributed by atoms with Gasteiger partial charge in [0.1, 0.15) is 6.61 Å². The highest BCUT2D eigenvalue weighted by molar-refractivity contribution is 5.67. The van der Waals surface area contributed by atoms with E-state index in [4.69, 9.17) is 14.2 Å². The van der Waals surface area contributed by atoms with Crippen molar-refractivity contribution < 1.29 is 24.1 Å². The van der Waals surface area contributed by atoms with Gasteiger partial charge in [-0.1, -0.05) is 74.5 Å². The molecule has 0 unspecified atom stereocenters. The van der Waals surface area contributed by atoms with Crippen molar-refractivity contribution in [3.05, 3.63) is 83.4 Å². The molecule has 36 heavy (non-hydrogen) atoms. The Morgan fingerprint density at radius 3 is 2.39 bits per heavy atom. The quantitative estimate of drug-likeness (QED) is 0.484. The van der Waals surface area contributed by atoms with E-state index in [-0.39, 0.29) is 31.3 Å². The summed E-state index contributed by atoms with van der Waals surface area (Å²) in [6.07, 6.45) is 4.27. The standard InChI is InChI=1S/C29H38N2O5/c1-3-17-34-29(33)30-18-22-7-13-25(14-8-22)28-35-26(19-31-15-5-4-6-16-31)21(2)27(36-28)24-11-9-23(20-32)10-12-24/h3,7-14,21,26-28,32H,1,4-6,15-20H2,2H3,(H,30,33)/t21-,26+,27+,28+/m0/s1. The van der Waals surface area contributed by atoms with Gasteiger partial charge >= 0.3 is 6.09 Å². The molecule has 2 aliphatic rings. The van der Waals surface area contributed by atoms with Gasteiger partial charge in [0.25, 0.3) is 0 Å². The molecule has 4 rings (SSSR count). The fourth-order valence-corrected chi connectivity index (χ4v) is 4.88. The maximum Gasteiger partial charge on any atom is 0.407 e. The summed E-state index contributed by atoms with van der Waals surface area (Å²) in [7, 11) is 0. The topological polar surface area (TPSA) is 80.3 Å². The van der Waals surface area contributed by atoms with Crippen molar-refractivity contribution in [3.8, 4) is 0 Å². The highest BCUT2D eigenvalue weighted by Gasteiger charge is 2.39. The van der Waals surface area contributed by atoms with Crippen molar-refractivity contribution in [2.45, 2.75) is 57.8 Å². The Balaban J connectivity index is 1.48. The van der Waals surface area contributed by atoms with Gasteiger partial charge in [0.05, 0.1) is 18.8 Å². The molecule has 194 valence electrons. The molecule has 2 heterocycles. The van der Waals surface area contributed by atoms with Gasteiger partial charge in [-0.15, -0.1) is 0 Å². The zero-order valence-electron chi connectivity index (χ0n) is 21.1. The fraction of sp³-hybridized carbons (Fsp3) is 0.483.